The van der Waals surface area contributed by atoms with E-state index in [9.17, 15) is 22.8 Å². The lowest BCUT2D eigenvalue weighted by Crippen LogP contribution is -2.32. The van der Waals surface area contributed by atoms with Crippen LogP contribution in [0.1, 0.15) is 49.8 Å². The summed E-state index contributed by atoms with van der Waals surface area (Å²) in [5, 5.41) is 7.71. The minimum atomic E-state index is -4.75. The summed E-state index contributed by atoms with van der Waals surface area (Å²) in [4.78, 5) is 35.7. The van der Waals surface area contributed by atoms with Gasteiger partial charge in [0.15, 0.2) is 11.0 Å². The highest BCUT2D eigenvalue weighted by Crippen LogP contribution is 2.34. The first kappa shape index (κ1) is 33.7. The van der Waals surface area contributed by atoms with Gasteiger partial charge in [-0.15, -0.1) is 18.3 Å². The number of nitrogens with zero attached hydrogens (tertiary/aromatic N) is 5. The molecule has 0 radical (unpaired) electrons. The van der Waals surface area contributed by atoms with Gasteiger partial charge in [0.2, 0.25) is 5.91 Å². The number of amides is 3. The third kappa shape index (κ3) is 8.79. The summed E-state index contributed by atoms with van der Waals surface area (Å²) in [6.45, 7) is 8.67. The number of ether oxygens (including phenoxy) is 1. The summed E-state index contributed by atoms with van der Waals surface area (Å²) in [5.74, 6) is 0.795. The van der Waals surface area contributed by atoms with Crippen LogP contribution in [0.15, 0.2) is 78.0 Å². The molecule has 1 aliphatic heterocycles. The number of amidine groups is 1. The van der Waals surface area contributed by atoms with E-state index in [1.807, 2.05) is 49.4 Å². The zero-order valence-electron chi connectivity index (χ0n) is 26.4. The number of hydrogen-bond donors (Lipinski definition) is 1. The maximum absolute atomic E-state index is 12.8. The number of aliphatic imine (C=N–C) groups is 1. The Labute approximate surface area is 275 Å². The van der Waals surface area contributed by atoms with E-state index >= 15 is 0 Å². The standard InChI is InChI=1S/C34H35F3N6O3S/c1-21(2)28-14-5-22(3)18-29(28)43-30(44)19-47-33(43)40-32(45)38-16-15-23(4)17-24-6-8-25(9-7-24)31-39-20-42(41-31)26-10-12-27(13-11-26)46-34(35,36)37/h5-14,18,20-21,23H,15-17,19H2,1-4H3,(H,38,45). The summed E-state index contributed by atoms with van der Waals surface area (Å²) < 4.78 is 42.7. The highest BCUT2D eigenvalue weighted by atomic mass is 32.2. The Morgan fingerprint density at radius 1 is 1.06 bits per heavy atom. The molecule has 246 valence electrons. The van der Waals surface area contributed by atoms with E-state index in [-0.39, 0.29) is 29.2 Å². The largest absolute Gasteiger partial charge is 0.573 e. The van der Waals surface area contributed by atoms with Crippen LogP contribution in [0.25, 0.3) is 17.1 Å². The second kappa shape index (κ2) is 14.4. The number of aryl methyl sites for hydroxylation is 1. The third-order valence-electron chi connectivity index (χ3n) is 7.55. The Balaban J connectivity index is 1.12. The average Bonchev–Trinajstić information content (AvgIpc) is 3.64. The Morgan fingerprint density at radius 2 is 1.79 bits per heavy atom. The minimum absolute atomic E-state index is 0.0917. The molecular weight excluding hydrogens is 629 g/mol. The molecule has 47 heavy (non-hydrogen) atoms. The fourth-order valence-corrected chi connectivity index (χ4v) is 6.04. The number of halogens is 3. The molecule has 3 amide bonds. The smallest absolute Gasteiger partial charge is 0.406 e. The number of alkyl halides is 3. The molecule has 1 N–H and O–H groups in total. The number of carbonyl (C=O) groups excluding carboxylic acids is 2. The van der Waals surface area contributed by atoms with Gasteiger partial charge in [0.25, 0.3) is 0 Å². The maximum Gasteiger partial charge on any atom is 0.573 e. The summed E-state index contributed by atoms with van der Waals surface area (Å²) in [6.07, 6.45) is -1.72. The summed E-state index contributed by atoms with van der Waals surface area (Å²) in [5.41, 5.74) is 5.29. The Morgan fingerprint density at radius 3 is 2.47 bits per heavy atom. The van der Waals surface area contributed by atoms with E-state index in [1.54, 1.807) is 4.90 Å². The molecule has 3 aromatic carbocycles. The SMILES string of the molecule is Cc1ccc(C(C)C)c(N2C(=O)CSC2=NC(=O)NCCC(C)Cc2ccc(-c3ncn(-c4ccc(OC(F)(F)F)cc4)n3)cc2)c1. The van der Waals surface area contributed by atoms with Crippen molar-refractivity contribution in [1.29, 1.82) is 0 Å². The minimum Gasteiger partial charge on any atom is -0.406 e. The molecule has 13 heteroatoms. The van der Waals surface area contributed by atoms with Gasteiger partial charge in [-0.25, -0.2) is 14.5 Å². The molecule has 1 aliphatic rings. The third-order valence-corrected chi connectivity index (χ3v) is 8.47. The van der Waals surface area contributed by atoms with Gasteiger partial charge in [-0.1, -0.05) is 68.9 Å². The number of carbonyl (C=O) groups is 2. The van der Waals surface area contributed by atoms with Gasteiger partial charge >= 0.3 is 12.4 Å². The molecule has 9 nitrogen and oxygen atoms in total. The first-order valence-electron chi connectivity index (χ1n) is 15.2. The lowest BCUT2D eigenvalue weighted by Gasteiger charge is -2.22. The van der Waals surface area contributed by atoms with Crippen molar-refractivity contribution in [1.82, 2.24) is 20.1 Å². The van der Waals surface area contributed by atoms with Gasteiger partial charge in [-0.3, -0.25) is 9.69 Å². The van der Waals surface area contributed by atoms with E-state index in [1.165, 1.54) is 47.0 Å². The van der Waals surface area contributed by atoms with Gasteiger partial charge in [-0.2, -0.15) is 4.99 Å². The quantitative estimate of drug-likeness (QED) is 0.187. The number of rotatable bonds is 10. The van der Waals surface area contributed by atoms with E-state index in [4.69, 9.17) is 0 Å². The zero-order chi connectivity index (χ0) is 33.7. The van der Waals surface area contributed by atoms with E-state index in [0.717, 1.165) is 40.8 Å². The number of nitrogens with one attached hydrogen (secondary N) is 1. The Hall–Kier alpha value is -4.65. The van der Waals surface area contributed by atoms with Crippen molar-refractivity contribution in [3.8, 4) is 22.8 Å². The molecule has 0 saturated carbocycles. The molecule has 1 unspecified atom stereocenters. The fraction of sp³-hybridized carbons (Fsp3) is 0.324. The molecule has 5 rings (SSSR count). The first-order chi connectivity index (χ1) is 22.4. The normalized spacial score (nSPS) is 15.0. The predicted octanol–water partition coefficient (Wildman–Crippen LogP) is 7.68. The summed E-state index contributed by atoms with van der Waals surface area (Å²) >= 11 is 1.27. The molecule has 1 atom stereocenters. The molecule has 1 fully saturated rings. The van der Waals surface area contributed by atoms with E-state index in [0.29, 0.717) is 23.2 Å². The fourth-order valence-electron chi connectivity index (χ4n) is 5.18. The molecule has 4 aromatic rings. The molecule has 0 spiro atoms. The van der Waals surface area contributed by atoms with Crippen molar-refractivity contribution in [2.75, 3.05) is 17.2 Å². The second-order valence-corrected chi connectivity index (χ2v) is 12.7. The van der Waals surface area contributed by atoms with Crippen LogP contribution in [0.2, 0.25) is 0 Å². The van der Waals surface area contributed by atoms with Crippen LogP contribution in [0.4, 0.5) is 23.7 Å². The molecule has 1 aromatic heterocycles. The predicted molar refractivity (Wildman–Crippen MR) is 177 cm³/mol. The van der Waals surface area contributed by atoms with Gasteiger partial charge in [0.05, 0.1) is 17.1 Å². The number of urea groups is 1. The van der Waals surface area contributed by atoms with Gasteiger partial charge < -0.3 is 10.1 Å². The van der Waals surface area contributed by atoms with Crippen LogP contribution < -0.4 is 15.0 Å². The maximum atomic E-state index is 12.8. The van der Waals surface area contributed by atoms with Crippen LogP contribution >= 0.6 is 11.8 Å². The van der Waals surface area contributed by atoms with Crippen LogP contribution in [0.3, 0.4) is 0 Å². The van der Waals surface area contributed by atoms with Crippen molar-refractivity contribution >= 4 is 34.6 Å². The van der Waals surface area contributed by atoms with Gasteiger partial charge in [-0.05, 0) is 78.6 Å². The van der Waals surface area contributed by atoms with Crippen molar-refractivity contribution in [3.05, 3.63) is 89.7 Å². The van der Waals surface area contributed by atoms with E-state index in [2.05, 4.69) is 45.9 Å². The molecule has 0 aliphatic carbocycles. The lowest BCUT2D eigenvalue weighted by atomic mass is 9.97. The number of hydrogen-bond acceptors (Lipinski definition) is 6. The first-order valence-corrected chi connectivity index (χ1v) is 16.1. The molecule has 2 heterocycles. The van der Waals surface area contributed by atoms with E-state index < -0.39 is 12.4 Å². The van der Waals surface area contributed by atoms with Crippen LogP contribution in [-0.2, 0) is 11.2 Å². The number of aromatic nitrogens is 3. The van der Waals surface area contributed by atoms with Crippen LogP contribution in [0.5, 0.6) is 5.75 Å². The van der Waals surface area contributed by atoms with Crippen LogP contribution in [0, 0.1) is 12.8 Å². The monoisotopic (exact) mass is 664 g/mol. The van der Waals surface area contributed by atoms with Crippen molar-refractivity contribution < 1.29 is 27.5 Å². The zero-order valence-corrected chi connectivity index (χ0v) is 27.2. The number of anilines is 1. The average molecular weight is 665 g/mol. The number of thioether (sulfide) groups is 1. The molecular formula is C34H35F3N6O3S. The topological polar surface area (TPSA) is 102 Å². The summed E-state index contributed by atoms with van der Waals surface area (Å²) in [7, 11) is 0. The highest BCUT2D eigenvalue weighted by molar-refractivity contribution is 8.15. The van der Waals surface area contributed by atoms with Crippen molar-refractivity contribution in [2.24, 2.45) is 10.9 Å². The Kier molecular flexibility index (Phi) is 10.3. The second-order valence-electron chi connectivity index (χ2n) is 11.7. The summed E-state index contributed by atoms with van der Waals surface area (Å²) in [6, 6.07) is 18.8. The van der Waals surface area contributed by atoms with Gasteiger partial charge in [0, 0.05) is 12.1 Å². The highest BCUT2D eigenvalue weighted by Gasteiger charge is 2.33. The van der Waals surface area contributed by atoms with Gasteiger partial charge in [0.1, 0.15) is 12.1 Å². The lowest BCUT2D eigenvalue weighted by molar-refractivity contribution is -0.274. The van der Waals surface area contributed by atoms with Crippen molar-refractivity contribution in [3.63, 3.8) is 0 Å². The molecule has 0 bridgehead atoms. The Bertz CT molecular complexity index is 1750. The number of benzene rings is 3. The molecule has 1 saturated heterocycles. The van der Waals surface area contributed by atoms with Crippen LogP contribution in [-0.4, -0.2) is 50.5 Å². The van der Waals surface area contributed by atoms with Crippen molar-refractivity contribution in [2.45, 2.75) is 52.8 Å².